The second kappa shape index (κ2) is 10.6. The average Bonchev–Trinajstić information content (AvgIpc) is 2.28. The van der Waals surface area contributed by atoms with E-state index < -0.39 is 33.7 Å². The first kappa shape index (κ1) is 23.1. The summed E-state index contributed by atoms with van der Waals surface area (Å²) in [4.78, 5) is 23.0. The van der Waals surface area contributed by atoms with E-state index in [1.807, 2.05) is 13.8 Å². The van der Waals surface area contributed by atoms with Crippen LogP contribution in [-0.4, -0.2) is 72.9 Å². The minimum atomic E-state index is -4.72. The number of ether oxygens (including phenoxy) is 2. The quantitative estimate of drug-likeness (QED) is 0.388. The molecule has 0 spiro atoms. The SMILES string of the molecule is CC(C)COC(=O)CC(C(=O)OCC(C)C)S(=O)(=O)O.[NaH]. The number of esters is 2. The van der Waals surface area contributed by atoms with Crippen molar-refractivity contribution in [2.45, 2.75) is 39.4 Å². The summed E-state index contributed by atoms with van der Waals surface area (Å²) in [6.07, 6.45) is -0.761. The Morgan fingerprint density at radius 2 is 1.43 bits per heavy atom. The normalized spacial score (nSPS) is 12.7. The van der Waals surface area contributed by atoms with Gasteiger partial charge in [-0.3, -0.25) is 14.1 Å². The molecule has 0 heterocycles. The predicted molar refractivity (Wildman–Crippen MR) is 78.7 cm³/mol. The molecule has 0 aliphatic rings. The van der Waals surface area contributed by atoms with Crippen LogP contribution in [0.4, 0.5) is 0 Å². The maximum atomic E-state index is 11.6. The fourth-order valence-corrected chi connectivity index (χ4v) is 1.78. The molecule has 120 valence electrons. The van der Waals surface area contributed by atoms with Crippen LogP contribution in [0.3, 0.4) is 0 Å². The van der Waals surface area contributed by atoms with Gasteiger partial charge < -0.3 is 9.47 Å². The van der Waals surface area contributed by atoms with Gasteiger partial charge in [-0.2, -0.15) is 8.42 Å². The molecule has 0 fully saturated rings. The molecular weight excluding hydrogens is 311 g/mol. The van der Waals surface area contributed by atoms with Crippen LogP contribution < -0.4 is 0 Å². The molecule has 0 bridgehead atoms. The van der Waals surface area contributed by atoms with Crippen LogP contribution in [0.2, 0.25) is 0 Å². The monoisotopic (exact) mass is 334 g/mol. The molecule has 0 amide bonds. The topological polar surface area (TPSA) is 107 Å². The van der Waals surface area contributed by atoms with E-state index >= 15 is 0 Å². The van der Waals surface area contributed by atoms with Gasteiger partial charge in [0.2, 0.25) is 0 Å². The van der Waals surface area contributed by atoms with Crippen LogP contribution in [0.1, 0.15) is 34.1 Å². The summed E-state index contributed by atoms with van der Waals surface area (Å²) in [5, 5.41) is -1.94. The van der Waals surface area contributed by atoms with E-state index in [1.165, 1.54) is 0 Å². The van der Waals surface area contributed by atoms with Gasteiger partial charge >= 0.3 is 41.5 Å². The van der Waals surface area contributed by atoms with Crippen molar-refractivity contribution in [2.24, 2.45) is 11.8 Å². The van der Waals surface area contributed by atoms with Crippen LogP contribution in [0.25, 0.3) is 0 Å². The molecule has 1 unspecified atom stereocenters. The first-order valence-electron chi connectivity index (χ1n) is 6.32. The van der Waals surface area contributed by atoms with Gasteiger partial charge in [-0.1, -0.05) is 27.7 Å². The molecule has 7 nitrogen and oxygen atoms in total. The first-order chi connectivity index (χ1) is 9.04. The molecule has 0 aromatic carbocycles. The maximum absolute atomic E-state index is 11.6. The van der Waals surface area contributed by atoms with E-state index in [4.69, 9.17) is 14.0 Å². The summed E-state index contributed by atoms with van der Waals surface area (Å²) in [6.45, 7) is 7.28. The fourth-order valence-electron chi connectivity index (χ4n) is 1.12. The Morgan fingerprint density at radius 3 is 1.81 bits per heavy atom. The molecule has 0 saturated heterocycles. The van der Waals surface area contributed by atoms with Gasteiger partial charge in [0.05, 0.1) is 19.6 Å². The molecule has 0 radical (unpaired) electrons. The summed E-state index contributed by atoms with van der Waals surface area (Å²) in [5.41, 5.74) is 0. The molecule has 1 atom stereocenters. The molecule has 21 heavy (non-hydrogen) atoms. The third kappa shape index (κ3) is 11.1. The zero-order valence-corrected chi connectivity index (χ0v) is 13.0. The van der Waals surface area contributed by atoms with E-state index in [1.54, 1.807) is 13.8 Å². The average molecular weight is 334 g/mol. The standard InChI is InChI=1S/C12H22O7S.Na.H/c1-8(2)6-18-11(13)5-10(20(15,16)17)12(14)19-7-9(3)4;;/h8-10H,5-7H2,1-4H3,(H,15,16,17);;. The van der Waals surface area contributed by atoms with Crippen LogP contribution in [0, 0.1) is 11.8 Å². The van der Waals surface area contributed by atoms with Crippen LogP contribution in [-0.2, 0) is 29.2 Å². The third-order valence-corrected chi connectivity index (χ3v) is 3.19. The molecule has 0 saturated carbocycles. The number of hydrogen-bond donors (Lipinski definition) is 1. The first-order valence-corrected chi connectivity index (χ1v) is 7.83. The second-order valence-corrected chi connectivity index (χ2v) is 6.91. The number of rotatable bonds is 8. The summed E-state index contributed by atoms with van der Waals surface area (Å²) in [7, 11) is -4.72. The van der Waals surface area contributed by atoms with Crippen LogP contribution in [0.5, 0.6) is 0 Å². The van der Waals surface area contributed by atoms with Crippen molar-refractivity contribution in [3.63, 3.8) is 0 Å². The second-order valence-electron chi connectivity index (χ2n) is 5.31. The third-order valence-electron chi connectivity index (χ3n) is 2.11. The van der Waals surface area contributed by atoms with E-state index in [0.29, 0.717) is 0 Å². The van der Waals surface area contributed by atoms with E-state index in [2.05, 4.69) is 0 Å². The Kier molecular flexibility index (Phi) is 11.6. The van der Waals surface area contributed by atoms with Crippen molar-refractivity contribution in [1.29, 1.82) is 0 Å². The van der Waals surface area contributed by atoms with Gasteiger partial charge in [0, 0.05) is 0 Å². The Morgan fingerprint density at radius 1 is 1.00 bits per heavy atom. The van der Waals surface area contributed by atoms with Crippen molar-refractivity contribution in [3.8, 4) is 0 Å². The van der Waals surface area contributed by atoms with Crippen molar-refractivity contribution in [3.05, 3.63) is 0 Å². The Bertz CT molecular complexity index is 431. The predicted octanol–water partition coefficient (Wildman–Crippen LogP) is 0.383. The summed E-state index contributed by atoms with van der Waals surface area (Å²) >= 11 is 0. The van der Waals surface area contributed by atoms with E-state index in [-0.39, 0.29) is 54.6 Å². The molecule has 0 rings (SSSR count). The molecule has 0 aromatic rings. The van der Waals surface area contributed by atoms with Gasteiger partial charge in [-0.05, 0) is 11.8 Å². The molecule has 0 aliphatic carbocycles. The van der Waals surface area contributed by atoms with Crippen LogP contribution in [0.15, 0.2) is 0 Å². The van der Waals surface area contributed by atoms with Crippen molar-refractivity contribution in [1.82, 2.24) is 0 Å². The van der Waals surface area contributed by atoms with E-state index in [0.717, 1.165) is 0 Å². The fraction of sp³-hybridized carbons (Fsp3) is 0.833. The van der Waals surface area contributed by atoms with Gasteiger partial charge in [0.1, 0.15) is 0 Å². The summed E-state index contributed by atoms with van der Waals surface area (Å²) < 4.78 is 40.8. The molecule has 9 heteroatoms. The van der Waals surface area contributed by atoms with Gasteiger partial charge in [0.15, 0.2) is 5.25 Å². The van der Waals surface area contributed by atoms with Crippen LogP contribution >= 0.6 is 0 Å². The number of carbonyl (C=O) groups excluding carboxylic acids is 2. The zero-order valence-electron chi connectivity index (χ0n) is 12.2. The van der Waals surface area contributed by atoms with Gasteiger partial charge in [-0.25, -0.2) is 0 Å². The Balaban J connectivity index is 0. The summed E-state index contributed by atoms with van der Waals surface area (Å²) in [6, 6.07) is 0. The Labute approximate surface area is 147 Å². The number of hydrogen-bond acceptors (Lipinski definition) is 6. The Hall–Kier alpha value is -0.150. The summed E-state index contributed by atoms with van der Waals surface area (Å²) in [5.74, 6) is -1.93. The molecule has 1 N–H and O–H groups in total. The molecular formula is C12H23NaO7S. The zero-order chi connectivity index (χ0) is 15.9. The molecule has 0 aliphatic heterocycles. The van der Waals surface area contributed by atoms with Crippen molar-refractivity contribution >= 4 is 51.6 Å². The van der Waals surface area contributed by atoms with Gasteiger partial charge in [0.25, 0.3) is 10.1 Å². The van der Waals surface area contributed by atoms with Crippen molar-refractivity contribution < 1.29 is 32.0 Å². The van der Waals surface area contributed by atoms with Gasteiger partial charge in [-0.15, -0.1) is 0 Å². The molecule has 0 aromatic heterocycles. The number of carbonyl (C=O) groups is 2. The van der Waals surface area contributed by atoms with Crippen molar-refractivity contribution in [2.75, 3.05) is 13.2 Å². The van der Waals surface area contributed by atoms with E-state index in [9.17, 15) is 18.0 Å². The minimum absolute atomic E-state index is 0.